The van der Waals surface area contributed by atoms with Gasteiger partial charge in [0.2, 0.25) is 12.7 Å². The molecule has 0 bridgehead atoms. The Morgan fingerprint density at radius 1 is 1.03 bits per heavy atom. The largest absolute Gasteiger partial charge is 0.454 e. The second kappa shape index (κ2) is 9.37. The zero-order valence-electron chi connectivity index (χ0n) is 18.9. The summed E-state index contributed by atoms with van der Waals surface area (Å²) >= 11 is 0. The first kappa shape index (κ1) is 21.1. The fourth-order valence-electron chi connectivity index (χ4n) is 5.52. The highest BCUT2D eigenvalue weighted by Crippen LogP contribution is 2.33. The van der Waals surface area contributed by atoms with E-state index in [-0.39, 0.29) is 5.92 Å². The van der Waals surface area contributed by atoms with E-state index in [4.69, 9.17) is 9.47 Å². The molecule has 2 saturated heterocycles. The zero-order chi connectivity index (χ0) is 21.2. The highest BCUT2D eigenvalue weighted by Gasteiger charge is 2.33. The van der Waals surface area contributed by atoms with Crippen LogP contribution >= 0.6 is 0 Å². The third-order valence-electron chi connectivity index (χ3n) is 7.49. The molecule has 1 saturated carbocycles. The average Bonchev–Trinajstić information content (AvgIpc) is 3.47. The SMILES string of the molecule is CC(Cc1ccc2c(c1)OCO2)CN1CCC(N2CCC(C(=O)NC3CC3)CC2)CC1. The molecule has 3 fully saturated rings. The molecule has 170 valence electrons. The number of hydrogen-bond acceptors (Lipinski definition) is 5. The Kier molecular flexibility index (Phi) is 6.37. The minimum absolute atomic E-state index is 0.244. The van der Waals surface area contributed by atoms with Crippen LogP contribution in [-0.4, -0.2) is 67.3 Å². The van der Waals surface area contributed by atoms with E-state index in [1.807, 2.05) is 6.07 Å². The minimum atomic E-state index is 0.244. The minimum Gasteiger partial charge on any atom is -0.454 e. The van der Waals surface area contributed by atoms with Crippen LogP contribution in [0.5, 0.6) is 11.5 Å². The molecule has 5 rings (SSSR count). The lowest BCUT2D eigenvalue weighted by atomic mass is 9.92. The molecule has 0 radical (unpaired) electrons. The van der Waals surface area contributed by atoms with E-state index >= 15 is 0 Å². The number of fused-ring (bicyclic) bond motifs is 1. The van der Waals surface area contributed by atoms with E-state index < -0.39 is 0 Å². The topological polar surface area (TPSA) is 54.0 Å². The summed E-state index contributed by atoms with van der Waals surface area (Å²) in [5.74, 6) is 2.94. The smallest absolute Gasteiger partial charge is 0.231 e. The molecule has 1 aromatic rings. The maximum atomic E-state index is 12.3. The van der Waals surface area contributed by atoms with Gasteiger partial charge < -0.3 is 24.6 Å². The van der Waals surface area contributed by atoms with Gasteiger partial charge in [-0.25, -0.2) is 0 Å². The number of likely N-dealkylation sites (tertiary alicyclic amines) is 2. The molecule has 1 aromatic carbocycles. The summed E-state index contributed by atoms with van der Waals surface area (Å²) in [6, 6.07) is 7.54. The summed E-state index contributed by atoms with van der Waals surface area (Å²) in [6.45, 7) is 8.42. The standard InChI is InChI=1S/C25H37N3O3/c1-18(14-19-2-5-23-24(15-19)31-17-30-23)16-27-10-8-22(9-11-27)28-12-6-20(7-13-28)25(29)26-21-3-4-21/h2,5,15,18,20-22H,3-4,6-14,16-17H2,1H3,(H,26,29). The van der Waals surface area contributed by atoms with Gasteiger partial charge in [-0.15, -0.1) is 0 Å². The Morgan fingerprint density at radius 3 is 2.52 bits per heavy atom. The first-order chi connectivity index (χ1) is 15.1. The van der Waals surface area contributed by atoms with Crippen molar-refractivity contribution >= 4 is 5.91 Å². The molecular formula is C25H37N3O3. The van der Waals surface area contributed by atoms with Gasteiger partial charge in [0.05, 0.1) is 0 Å². The van der Waals surface area contributed by atoms with Crippen molar-refractivity contribution in [3.05, 3.63) is 23.8 Å². The van der Waals surface area contributed by atoms with Crippen LogP contribution in [0.4, 0.5) is 0 Å². The van der Waals surface area contributed by atoms with Crippen LogP contribution in [0.25, 0.3) is 0 Å². The lowest BCUT2D eigenvalue weighted by Gasteiger charge is -2.42. The van der Waals surface area contributed by atoms with E-state index in [1.54, 1.807) is 0 Å². The second-order valence-electron chi connectivity index (χ2n) is 10.1. The first-order valence-corrected chi connectivity index (χ1v) is 12.3. The highest BCUT2D eigenvalue weighted by atomic mass is 16.7. The van der Waals surface area contributed by atoms with Crippen molar-refractivity contribution in [3.63, 3.8) is 0 Å². The Balaban J connectivity index is 1.02. The Morgan fingerprint density at radius 2 is 1.77 bits per heavy atom. The summed E-state index contributed by atoms with van der Waals surface area (Å²) in [5.41, 5.74) is 1.33. The lowest BCUT2D eigenvalue weighted by molar-refractivity contribution is -0.126. The summed E-state index contributed by atoms with van der Waals surface area (Å²) in [5, 5.41) is 3.19. The molecule has 0 spiro atoms. The molecule has 4 aliphatic rings. The molecule has 31 heavy (non-hydrogen) atoms. The number of amides is 1. The van der Waals surface area contributed by atoms with Gasteiger partial charge in [0, 0.05) is 24.5 Å². The van der Waals surface area contributed by atoms with Crippen molar-refractivity contribution in [2.24, 2.45) is 11.8 Å². The summed E-state index contributed by atoms with van der Waals surface area (Å²) in [7, 11) is 0. The lowest BCUT2D eigenvalue weighted by Crippen LogP contribution is -2.49. The van der Waals surface area contributed by atoms with E-state index in [2.05, 4.69) is 34.2 Å². The van der Waals surface area contributed by atoms with Crippen LogP contribution in [0.3, 0.4) is 0 Å². The Hall–Kier alpha value is -1.79. The van der Waals surface area contributed by atoms with Crippen LogP contribution in [0.15, 0.2) is 18.2 Å². The van der Waals surface area contributed by atoms with Crippen LogP contribution in [-0.2, 0) is 11.2 Å². The molecule has 0 aromatic heterocycles. The Bertz CT molecular complexity index is 765. The predicted molar refractivity (Wildman–Crippen MR) is 120 cm³/mol. The van der Waals surface area contributed by atoms with Crippen LogP contribution < -0.4 is 14.8 Å². The van der Waals surface area contributed by atoms with Crippen LogP contribution in [0, 0.1) is 11.8 Å². The van der Waals surface area contributed by atoms with Gasteiger partial charge in [0.25, 0.3) is 0 Å². The van der Waals surface area contributed by atoms with Crippen LogP contribution in [0.1, 0.15) is 51.0 Å². The quantitative estimate of drug-likeness (QED) is 0.725. The third-order valence-corrected chi connectivity index (χ3v) is 7.49. The molecule has 6 heteroatoms. The number of hydrogen-bond donors (Lipinski definition) is 1. The average molecular weight is 428 g/mol. The van der Waals surface area contributed by atoms with Crippen molar-refractivity contribution in [1.29, 1.82) is 0 Å². The monoisotopic (exact) mass is 427 g/mol. The highest BCUT2D eigenvalue weighted by molar-refractivity contribution is 5.79. The second-order valence-corrected chi connectivity index (χ2v) is 10.1. The summed E-state index contributed by atoms with van der Waals surface area (Å²) in [4.78, 5) is 17.6. The van der Waals surface area contributed by atoms with Gasteiger partial charge in [0.15, 0.2) is 11.5 Å². The first-order valence-electron chi connectivity index (χ1n) is 12.3. The van der Waals surface area contributed by atoms with Crippen molar-refractivity contribution in [3.8, 4) is 11.5 Å². The molecular weight excluding hydrogens is 390 g/mol. The molecule has 1 unspecified atom stereocenters. The van der Waals surface area contributed by atoms with Crippen molar-refractivity contribution < 1.29 is 14.3 Å². The van der Waals surface area contributed by atoms with Gasteiger partial charge in [-0.05, 0) is 94.7 Å². The molecule has 1 amide bonds. The Labute approximate surface area is 186 Å². The van der Waals surface area contributed by atoms with Gasteiger partial charge in [-0.3, -0.25) is 4.79 Å². The molecule has 1 N–H and O–H groups in total. The van der Waals surface area contributed by atoms with E-state index in [0.29, 0.717) is 30.7 Å². The maximum Gasteiger partial charge on any atom is 0.231 e. The van der Waals surface area contributed by atoms with E-state index in [0.717, 1.165) is 50.4 Å². The number of benzene rings is 1. The number of rotatable bonds is 7. The molecule has 6 nitrogen and oxygen atoms in total. The molecule has 1 atom stereocenters. The summed E-state index contributed by atoms with van der Waals surface area (Å²) in [6.07, 6.45) is 8.02. The maximum absolute atomic E-state index is 12.3. The van der Waals surface area contributed by atoms with Crippen molar-refractivity contribution in [1.82, 2.24) is 15.1 Å². The van der Waals surface area contributed by atoms with Gasteiger partial charge in [-0.1, -0.05) is 13.0 Å². The van der Waals surface area contributed by atoms with Crippen LogP contribution in [0.2, 0.25) is 0 Å². The van der Waals surface area contributed by atoms with Crippen molar-refractivity contribution in [2.45, 2.75) is 64.0 Å². The number of nitrogens with one attached hydrogen (secondary N) is 1. The molecule has 3 heterocycles. The van der Waals surface area contributed by atoms with E-state index in [9.17, 15) is 4.79 Å². The number of nitrogens with zero attached hydrogens (tertiary/aromatic N) is 2. The molecule has 1 aliphatic carbocycles. The van der Waals surface area contributed by atoms with Gasteiger partial charge in [-0.2, -0.15) is 0 Å². The summed E-state index contributed by atoms with van der Waals surface area (Å²) < 4.78 is 10.9. The van der Waals surface area contributed by atoms with E-state index in [1.165, 1.54) is 44.3 Å². The number of piperidine rings is 2. The van der Waals surface area contributed by atoms with Crippen molar-refractivity contribution in [2.75, 3.05) is 39.5 Å². The fourth-order valence-corrected chi connectivity index (χ4v) is 5.52. The number of carbonyl (C=O) groups excluding carboxylic acids is 1. The fraction of sp³-hybridized carbons (Fsp3) is 0.720. The number of carbonyl (C=O) groups is 1. The normalized spacial score (nSPS) is 24.3. The molecule has 3 aliphatic heterocycles. The van der Waals surface area contributed by atoms with Gasteiger partial charge in [0.1, 0.15) is 0 Å². The zero-order valence-corrected chi connectivity index (χ0v) is 18.9. The number of ether oxygens (including phenoxy) is 2. The van der Waals surface area contributed by atoms with Gasteiger partial charge >= 0.3 is 0 Å². The third kappa shape index (κ3) is 5.35. The predicted octanol–water partition coefficient (Wildman–Crippen LogP) is 3.05.